The summed E-state index contributed by atoms with van der Waals surface area (Å²) in [6.45, 7) is 0.599. The second-order valence-corrected chi connectivity index (χ2v) is 3.77. The Morgan fingerprint density at radius 3 is 2.87 bits per heavy atom. The lowest BCUT2D eigenvalue weighted by atomic mass is 10.2. The summed E-state index contributed by atoms with van der Waals surface area (Å²) in [5, 5.41) is 0. The van der Waals surface area contributed by atoms with Crippen LogP contribution in [0, 0.1) is 0 Å². The lowest BCUT2D eigenvalue weighted by Gasteiger charge is -2.22. The Bertz CT molecular complexity index is 413. The number of carbonyl (C=O) groups excluding carboxylic acids is 1. The predicted octanol–water partition coefficient (Wildman–Crippen LogP) is 1.48. The highest BCUT2D eigenvalue weighted by molar-refractivity contribution is 5.91. The molecule has 1 saturated heterocycles. The highest BCUT2D eigenvalue weighted by Gasteiger charge is 2.39. The minimum Gasteiger partial charge on any atom is -0.351 e. The van der Waals surface area contributed by atoms with Gasteiger partial charge in [0.1, 0.15) is 0 Å². The van der Waals surface area contributed by atoms with E-state index in [4.69, 9.17) is 4.74 Å². The molecule has 0 bridgehead atoms. The lowest BCUT2D eigenvalue weighted by molar-refractivity contribution is -0.130. The molecule has 3 heteroatoms. The number of nitrogens with zero attached hydrogens (tertiary/aromatic N) is 1. The summed E-state index contributed by atoms with van der Waals surface area (Å²) in [5.74, 6) is 0.0475. The summed E-state index contributed by atoms with van der Waals surface area (Å²) in [4.78, 5) is 13.4. The first-order chi connectivity index (χ1) is 7.36. The van der Waals surface area contributed by atoms with Crippen LogP contribution in [0.2, 0.25) is 0 Å². The molecule has 3 rings (SSSR count). The summed E-state index contributed by atoms with van der Waals surface area (Å²) in [5.41, 5.74) is 1.04. The Labute approximate surface area is 88.0 Å². The summed E-state index contributed by atoms with van der Waals surface area (Å²) in [6.07, 6.45) is 3.33. The van der Waals surface area contributed by atoms with E-state index in [0.29, 0.717) is 6.61 Å². The quantitative estimate of drug-likeness (QED) is 0.688. The first-order valence-corrected chi connectivity index (χ1v) is 5.03. The van der Waals surface area contributed by atoms with Gasteiger partial charge in [-0.25, -0.2) is 0 Å². The molecule has 0 spiro atoms. The van der Waals surface area contributed by atoms with Gasteiger partial charge in [0, 0.05) is 11.6 Å². The molecule has 76 valence electrons. The molecule has 1 aromatic rings. The molecule has 0 unspecified atom stereocenters. The molecule has 2 aliphatic heterocycles. The number of fused-ring (bicyclic) bond motifs is 1. The van der Waals surface area contributed by atoms with Crippen molar-refractivity contribution in [3.8, 4) is 0 Å². The molecule has 2 atom stereocenters. The van der Waals surface area contributed by atoms with Crippen LogP contribution in [-0.2, 0) is 9.53 Å². The standard InChI is InChI=1S/C12H11NO2/c14-11-7-6-10-8-15-12(13(10)11)9-4-2-1-3-5-9/h1-7,10,12H,8H2/t10-,12-/m0/s1. The molecule has 1 aromatic carbocycles. The first-order valence-electron chi connectivity index (χ1n) is 5.03. The van der Waals surface area contributed by atoms with Gasteiger partial charge in [0.2, 0.25) is 5.91 Å². The van der Waals surface area contributed by atoms with Crippen LogP contribution in [0.4, 0.5) is 0 Å². The minimum absolute atomic E-state index is 0.0475. The highest BCUT2D eigenvalue weighted by atomic mass is 16.5. The third kappa shape index (κ3) is 1.27. The van der Waals surface area contributed by atoms with Gasteiger partial charge in [-0.15, -0.1) is 0 Å². The molecule has 15 heavy (non-hydrogen) atoms. The predicted molar refractivity (Wildman–Crippen MR) is 54.9 cm³/mol. The van der Waals surface area contributed by atoms with E-state index < -0.39 is 0 Å². The van der Waals surface area contributed by atoms with Crippen molar-refractivity contribution >= 4 is 5.91 Å². The number of hydrogen-bond donors (Lipinski definition) is 0. The van der Waals surface area contributed by atoms with Gasteiger partial charge in [0.15, 0.2) is 6.23 Å². The fourth-order valence-corrected chi connectivity index (χ4v) is 2.11. The summed E-state index contributed by atoms with van der Waals surface area (Å²) >= 11 is 0. The maximum atomic E-state index is 11.6. The zero-order valence-electron chi connectivity index (χ0n) is 8.17. The zero-order chi connectivity index (χ0) is 10.3. The molecule has 0 N–H and O–H groups in total. The maximum Gasteiger partial charge on any atom is 0.249 e. The normalized spacial score (nSPS) is 28.5. The fourth-order valence-electron chi connectivity index (χ4n) is 2.11. The lowest BCUT2D eigenvalue weighted by Crippen LogP contribution is -2.31. The molecule has 0 aliphatic carbocycles. The zero-order valence-corrected chi connectivity index (χ0v) is 8.17. The highest BCUT2D eigenvalue weighted by Crippen LogP contribution is 2.33. The largest absolute Gasteiger partial charge is 0.351 e. The van der Waals surface area contributed by atoms with E-state index in [0.717, 1.165) is 5.56 Å². The van der Waals surface area contributed by atoms with Gasteiger partial charge in [-0.05, 0) is 0 Å². The van der Waals surface area contributed by atoms with Crippen LogP contribution in [0.15, 0.2) is 42.5 Å². The Balaban J connectivity index is 1.93. The summed E-state index contributed by atoms with van der Waals surface area (Å²) in [6, 6.07) is 9.97. The molecular weight excluding hydrogens is 190 g/mol. The van der Waals surface area contributed by atoms with Gasteiger partial charge in [0.05, 0.1) is 12.6 Å². The molecule has 0 aromatic heterocycles. The van der Waals surface area contributed by atoms with E-state index in [1.165, 1.54) is 0 Å². The number of hydrogen-bond acceptors (Lipinski definition) is 2. The van der Waals surface area contributed by atoms with Crippen LogP contribution in [-0.4, -0.2) is 23.5 Å². The molecule has 1 amide bonds. The minimum atomic E-state index is -0.210. The molecule has 0 saturated carbocycles. The van der Waals surface area contributed by atoms with Crippen LogP contribution in [0.1, 0.15) is 11.8 Å². The number of benzene rings is 1. The SMILES string of the molecule is O=C1C=C[C@H]2CO[C@@H](c3ccccc3)N12. The Kier molecular flexibility index (Phi) is 1.86. The smallest absolute Gasteiger partial charge is 0.249 e. The van der Waals surface area contributed by atoms with Crippen LogP contribution < -0.4 is 0 Å². The van der Waals surface area contributed by atoms with Crippen molar-refractivity contribution < 1.29 is 9.53 Å². The van der Waals surface area contributed by atoms with Crippen molar-refractivity contribution in [3.63, 3.8) is 0 Å². The van der Waals surface area contributed by atoms with E-state index in [9.17, 15) is 4.79 Å². The van der Waals surface area contributed by atoms with E-state index >= 15 is 0 Å². The molecule has 1 fully saturated rings. The van der Waals surface area contributed by atoms with Crippen LogP contribution in [0.5, 0.6) is 0 Å². The van der Waals surface area contributed by atoms with Crippen molar-refractivity contribution in [3.05, 3.63) is 48.0 Å². The van der Waals surface area contributed by atoms with E-state index in [1.807, 2.05) is 36.4 Å². The van der Waals surface area contributed by atoms with Gasteiger partial charge in [0.25, 0.3) is 0 Å². The molecule has 2 aliphatic rings. The van der Waals surface area contributed by atoms with Gasteiger partial charge in [-0.1, -0.05) is 36.4 Å². The number of amides is 1. The van der Waals surface area contributed by atoms with Gasteiger partial charge >= 0.3 is 0 Å². The van der Waals surface area contributed by atoms with Crippen molar-refractivity contribution in [2.45, 2.75) is 12.3 Å². The monoisotopic (exact) mass is 201 g/mol. The average molecular weight is 201 g/mol. The van der Waals surface area contributed by atoms with E-state index in [2.05, 4.69) is 0 Å². The third-order valence-corrected chi connectivity index (χ3v) is 2.83. The van der Waals surface area contributed by atoms with Crippen LogP contribution in [0.25, 0.3) is 0 Å². The Morgan fingerprint density at radius 2 is 2.07 bits per heavy atom. The van der Waals surface area contributed by atoms with Gasteiger partial charge < -0.3 is 9.64 Å². The van der Waals surface area contributed by atoms with Crippen LogP contribution in [0.3, 0.4) is 0 Å². The van der Waals surface area contributed by atoms with Crippen molar-refractivity contribution in [1.82, 2.24) is 4.90 Å². The van der Waals surface area contributed by atoms with Gasteiger partial charge in [-0.3, -0.25) is 4.79 Å². The number of carbonyl (C=O) groups is 1. The average Bonchev–Trinajstić information content (AvgIpc) is 2.84. The van der Waals surface area contributed by atoms with E-state index in [-0.39, 0.29) is 18.2 Å². The Hall–Kier alpha value is -1.61. The first kappa shape index (κ1) is 8.68. The molecule has 3 nitrogen and oxygen atoms in total. The van der Waals surface area contributed by atoms with E-state index in [1.54, 1.807) is 11.0 Å². The van der Waals surface area contributed by atoms with Crippen molar-refractivity contribution in [2.75, 3.05) is 6.61 Å². The summed E-state index contributed by atoms with van der Waals surface area (Å²) in [7, 11) is 0. The van der Waals surface area contributed by atoms with Crippen LogP contribution >= 0.6 is 0 Å². The molecule has 0 radical (unpaired) electrons. The molecule has 2 heterocycles. The Morgan fingerprint density at radius 1 is 1.27 bits per heavy atom. The fraction of sp³-hybridized carbons (Fsp3) is 0.250. The van der Waals surface area contributed by atoms with Crippen molar-refractivity contribution in [2.24, 2.45) is 0 Å². The number of rotatable bonds is 1. The second kappa shape index (κ2) is 3.21. The summed E-state index contributed by atoms with van der Waals surface area (Å²) < 4.78 is 5.63. The molecular formula is C12H11NO2. The second-order valence-electron chi connectivity index (χ2n) is 3.77. The third-order valence-electron chi connectivity index (χ3n) is 2.83. The maximum absolute atomic E-state index is 11.6. The number of ether oxygens (including phenoxy) is 1. The van der Waals surface area contributed by atoms with Gasteiger partial charge in [-0.2, -0.15) is 0 Å². The van der Waals surface area contributed by atoms with Crippen molar-refractivity contribution in [1.29, 1.82) is 0 Å². The topological polar surface area (TPSA) is 29.5 Å².